The molecule has 0 bridgehead atoms. The van der Waals surface area contributed by atoms with Crippen molar-refractivity contribution in [1.82, 2.24) is 4.98 Å². The summed E-state index contributed by atoms with van der Waals surface area (Å²) in [4.78, 5) is 4.39. The summed E-state index contributed by atoms with van der Waals surface area (Å²) >= 11 is 0. The largest absolute Gasteiger partial charge is 0.392 e. The SMILES string of the molecule is Cc1ccc(CC(O)C2(c3ccccc3)CC2)nc1. The molecule has 2 heteroatoms. The molecule has 2 nitrogen and oxygen atoms in total. The van der Waals surface area contributed by atoms with E-state index in [1.165, 1.54) is 5.56 Å². The molecular formula is C17H19NO. The molecular weight excluding hydrogens is 234 g/mol. The molecule has 1 aliphatic carbocycles. The summed E-state index contributed by atoms with van der Waals surface area (Å²) < 4.78 is 0. The summed E-state index contributed by atoms with van der Waals surface area (Å²) in [7, 11) is 0. The molecule has 1 aromatic carbocycles. The predicted molar refractivity (Wildman–Crippen MR) is 76.0 cm³/mol. The molecule has 1 fully saturated rings. The van der Waals surface area contributed by atoms with Gasteiger partial charge in [0.1, 0.15) is 0 Å². The monoisotopic (exact) mass is 253 g/mol. The molecule has 0 saturated heterocycles. The van der Waals surface area contributed by atoms with Crippen LogP contribution in [-0.2, 0) is 11.8 Å². The summed E-state index contributed by atoms with van der Waals surface area (Å²) in [5.74, 6) is 0. The van der Waals surface area contributed by atoms with Crippen LogP contribution in [0.15, 0.2) is 48.7 Å². The highest BCUT2D eigenvalue weighted by atomic mass is 16.3. The zero-order chi connectivity index (χ0) is 13.3. The molecule has 0 amide bonds. The van der Waals surface area contributed by atoms with Crippen LogP contribution in [0.25, 0.3) is 0 Å². The maximum atomic E-state index is 10.6. The van der Waals surface area contributed by atoms with E-state index in [-0.39, 0.29) is 11.5 Å². The molecule has 1 saturated carbocycles. The van der Waals surface area contributed by atoms with Crippen LogP contribution in [0.1, 0.15) is 29.7 Å². The lowest BCUT2D eigenvalue weighted by Crippen LogP contribution is -2.28. The normalized spacial score (nSPS) is 18.0. The molecule has 98 valence electrons. The molecule has 0 radical (unpaired) electrons. The first-order chi connectivity index (χ1) is 9.21. The number of hydrogen-bond donors (Lipinski definition) is 1. The van der Waals surface area contributed by atoms with Crippen molar-refractivity contribution in [3.63, 3.8) is 0 Å². The Labute approximate surface area is 114 Å². The van der Waals surface area contributed by atoms with Crippen molar-refractivity contribution in [3.8, 4) is 0 Å². The number of hydrogen-bond acceptors (Lipinski definition) is 2. The topological polar surface area (TPSA) is 33.1 Å². The van der Waals surface area contributed by atoms with E-state index in [0.29, 0.717) is 6.42 Å². The number of aliphatic hydroxyl groups is 1. The van der Waals surface area contributed by atoms with Gasteiger partial charge in [0.2, 0.25) is 0 Å². The maximum absolute atomic E-state index is 10.6. The van der Waals surface area contributed by atoms with Gasteiger partial charge in [0, 0.05) is 23.7 Å². The van der Waals surface area contributed by atoms with E-state index < -0.39 is 0 Å². The van der Waals surface area contributed by atoms with E-state index in [4.69, 9.17) is 0 Å². The molecule has 2 aromatic rings. The van der Waals surface area contributed by atoms with Crippen LogP contribution in [-0.4, -0.2) is 16.2 Å². The standard InChI is InChI=1S/C17H19NO/c1-13-7-8-15(18-12-13)11-16(19)17(9-10-17)14-5-3-2-4-6-14/h2-8,12,16,19H,9-11H2,1H3. The van der Waals surface area contributed by atoms with Gasteiger partial charge in [-0.1, -0.05) is 36.4 Å². The third-order valence-corrected chi connectivity index (χ3v) is 4.15. The van der Waals surface area contributed by atoms with Crippen LogP contribution in [0.3, 0.4) is 0 Å². The van der Waals surface area contributed by atoms with E-state index in [2.05, 4.69) is 23.2 Å². The number of benzene rings is 1. The van der Waals surface area contributed by atoms with Crippen LogP contribution in [0.2, 0.25) is 0 Å². The molecule has 3 rings (SSSR count). The van der Waals surface area contributed by atoms with Gasteiger partial charge in [-0.05, 0) is 37.0 Å². The van der Waals surface area contributed by atoms with Gasteiger partial charge in [-0.3, -0.25) is 4.98 Å². The molecule has 1 aliphatic rings. The first-order valence-corrected chi connectivity index (χ1v) is 6.86. The molecule has 0 aliphatic heterocycles. The molecule has 1 aromatic heterocycles. The summed E-state index contributed by atoms with van der Waals surface area (Å²) in [6.45, 7) is 2.03. The fourth-order valence-electron chi connectivity index (χ4n) is 2.73. The first kappa shape index (κ1) is 12.4. The molecule has 0 spiro atoms. The van der Waals surface area contributed by atoms with Crippen molar-refractivity contribution < 1.29 is 5.11 Å². The molecule has 1 atom stereocenters. The third kappa shape index (κ3) is 2.41. The Hall–Kier alpha value is -1.67. The molecule has 1 N–H and O–H groups in total. The summed E-state index contributed by atoms with van der Waals surface area (Å²) in [5, 5.41) is 10.6. The zero-order valence-corrected chi connectivity index (χ0v) is 11.2. The smallest absolute Gasteiger partial charge is 0.0692 e. The van der Waals surface area contributed by atoms with Crippen LogP contribution in [0.4, 0.5) is 0 Å². The highest BCUT2D eigenvalue weighted by molar-refractivity contribution is 5.33. The summed E-state index contributed by atoms with van der Waals surface area (Å²) in [6.07, 6.45) is 4.30. The van der Waals surface area contributed by atoms with Crippen molar-refractivity contribution in [1.29, 1.82) is 0 Å². The van der Waals surface area contributed by atoms with Gasteiger partial charge in [-0.2, -0.15) is 0 Å². The summed E-state index contributed by atoms with van der Waals surface area (Å²) in [6, 6.07) is 14.4. The van der Waals surface area contributed by atoms with Crippen molar-refractivity contribution in [2.45, 2.75) is 37.7 Å². The van der Waals surface area contributed by atoms with Gasteiger partial charge in [0.05, 0.1) is 6.10 Å². The van der Waals surface area contributed by atoms with Gasteiger partial charge < -0.3 is 5.11 Å². The van der Waals surface area contributed by atoms with Crippen LogP contribution < -0.4 is 0 Å². The fourth-order valence-corrected chi connectivity index (χ4v) is 2.73. The van der Waals surface area contributed by atoms with E-state index in [1.54, 1.807) is 0 Å². The first-order valence-electron chi connectivity index (χ1n) is 6.86. The molecule has 19 heavy (non-hydrogen) atoms. The minimum atomic E-state index is -0.342. The lowest BCUT2D eigenvalue weighted by molar-refractivity contribution is 0.130. The quantitative estimate of drug-likeness (QED) is 0.908. The highest BCUT2D eigenvalue weighted by Crippen LogP contribution is 2.51. The van der Waals surface area contributed by atoms with Crippen LogP contribution in [0, 0.1) is 6.92 Å². The van der Waals surface area contributed by atoms with E-state index in [0.717, 1.165) is 24.1 Å². The highest BCUT2D eigenvalue weighted by Gasteiger charge is 2.50. The van der Waals surface area contributed by atoms with Gasteiger partial charge in [0.25, 0.3) is 0 Å². The lowest BCUT2D eigenvalue weighted by atomic mass is 9.87. The van der Waals surface area contributed by atoms with Gasteiger partial charge in [0.15, 0.2) is 0 Å². The number of aliphatic hydroxyl groups excluding tert-OH is 1. The number of aryl methyl sites for hydroxylation is 1. The minimum absolute atomic E-state index is 0.0339. The van der Waals surface area contributed by atoms with Crippen LogP contribution in [0.5, 0.6) is 0 Å². The zero-order valence-electron chi connectivity index (χ0n) is 11.2. The Bertz CT molecular complexity index is 543. The van der Waals surface area contributed by atoms with E-state index in [9.17, 15) is 5.11 Å². The summed E-state index contributed by atoms with van der Waals surface area (Å²) in [5.41, 5.74) is 3.35. The molecule has 1 unspecified atom stereocenters. The lowest BCUT2D eigenvalue weighted by Gasteiger charge is -2.22. The number of nitrogens with zero attached hydrogens (tertiary/aromatic N) is 1. The van der Waals surface area contributed by atoms with Crippen LogP contribution >= 0.6 is 0 Å². The van der Waals surface area contributed by atoms with Crippen molar-refractivity contribution in [3.05, 3.63) is 65.5 Å². The third-order valence-electron chi connectivity index (χ3n) is 4.15. The Balaban J connectivity index is 1.77. The second-order valence-corrected chi connectivity index (χ2v) is 5.57. The van der Waals surface area contributed by atoms with Crippen molar-refractivity contribution >= 4 is 0 Å². The number of aromatic nitrogens is 1. The van der Waals surface area contributed by atoms with Gasteiger partial charge >= 0.3 is 0 Å². The van der Waals surface area contributed by atoms with Crippen molar-refractivity contribution in [2.75, 3.05) is 0 Å². The van der Waals surface area contributed by atoms with E-state index >= 15 is 0 Å². The second kappa shape index (κ2) is 4.78. The minimum Gasteiger partial charge on any atom is -0.392 e. The average molecular weight is 253 g/mol. The number of pyridine rings is 1. The Kier molecular flexibility index (Phi) is 3.11. The van der Waals surface area contributed by atoms with Gasteiger partial charge in [-0.15, -0.1) is 0 Å². The predicted octanol–water partition coefficient (Wildman–Crippen LogP) is 3.03. The van der Waals surface area contributed by atoms with Gasteiger partial charge in [-0.25, -0.2) is 0 Å². The maximum Gasteiger partial charge on any atom is 0.0692 e. The second-order valence-electron chi connectivity index (χ2n) is 5.57. The fraction of sp³-hybridized carbons (Fsp3) is 0.353. The number of rotatable bonds is 4. The average Bonchev–Trinajstić information content (AvgIpc) is 3.24. The Morgan fingerprint density at radius 2 is 1.89 bits per heavy atom. The van der Waals surface area contributed by atoms with E-state index in [1.807, 2.05) is 37.4 Å². The molecule has 1 heterocycles. The Morgan fingerprint density at radius 3 is 2.47 bits per heavy atom. The van der Waals surface area contributed by atoms with Crippen molar-refractivity contribution in [2.24, 2.45) is 0 Å². The Morgan fingerprint density at radius 1 is 1.16 bits per heavy atom.